The third kappa shape index (κ3) is 4.91. The summed E-state index contributed by atoms with van der Waals surface area (Å²) >= 11 is 0. The monoisotopic (exact) mass is 320 g/mol. The van der Waals surface area contributed by atoms with Crippen molar-refractivity contribution in [2.75, 3.05) is 6.54 Å². The van der Waals surface area contributed by atoms with E-state index < -0.39 is 6.04 Å². The Morgan fingerprint density at radius 1 is 1.17 bits per heavy atom. The maximum atomic E-state index is 12.3. The minimum Gasteiger partial charge on any atom is -0.322 e. The predicted octanol–water partition coefficient (Wildman–Crippen LogP) is 2.74. The van der Waals surface area contributed by atoms with E-state index in [1.807, 2.05) is 27.7 Å². The van der Waals surface area contributed by atoms with E-state index in [-0.39, 0.29) is 24.1 Å². The number of amides is 3. The fourth-order valence-electron chi connectivity index (χ4n) is 2.46. The predicted molar refractivity (Wildman–Crippen MR) is 92.6 cm³/mol. The van der Waals surface area contributed by atoms with E-state index in [4.69, 9.17) is 0 Å². The quantitative estimate of drug-likeness (QED) is 0.628. The van der Waals surface area contributed by atoms with Gasteiger partial charge in [0.2, 0.25) is 11.8 Å². The van der Waals surface area contributed by atoms with Crippen LogP contribution < -0.4 is 5.32 Å². The van der Waals surface area contributed by atoms with E-state index in [2.05, 4.69) is 11.9 Å². The summed E-state index contributed by atoms with van der Waals surface area (Å²) in [4.78, 5) is 36.7. The van der Waals surface area contributed by atoms with E-state index in [1.54, 1.807) is 25.2 Å². The molecule has 0 aromatic heterocycles. The second-order valence-corrected chi connectivity index (χ2v) is 4.53. The lowest BCUT2D eigenvalue weighted by Gasteiger charge is -2.28. The Hall–Kier alpha value is -2.17. The van der Waals surface area contributed by atoms with Crippen LogP contribution in [0.4, 0.5) is 0 Å². The third-order valence-corrected chi connectivity index (χ3v) is 3.37. The molecule has 2 aliphatic heterocycles. The van der Waals surface area contributed by atoms with Crippen LogP contribution in [0.15, 0.2) is 36.0 Å². The average molecular weight is 320 g/mol. The van der Waals surface area contributed by atoms with Gasteiger partial charge >= 0.3 is 0 Å². The van der Waals surface area contributed by atoms with Crippen LogP contribution in [0.1, 0.15) is 47.5 Å². The summed E-state index contributed by atoms with van der Waals surface area (Å²) in [6.45, 7) is 13.8. The number of rotatable bonds is 2. The van der Waals surface area contributed by atoms with E-state index in [9.17, 15) is 14.4 Å². The third-order valence-electron chi connectivity index (χ3n) is 3.37. The summed E-state index contributed by atoms with van der Waals surface area (Å²) in [6.07, 6.45) is 5.80. The standard InChI is InChI=1S/C14H16N2O3.2C2H6/c1-3-5-9-8-16(14(19)10(9)4-2)11-6-7-12(17)15-13(11)18;2*1-2/h3-5,11H,1,6-8H2,2H3,(H,15,17,18);2*1-2H3/b9-5-,10-4+;;. The zero-order chi connectivity index (χ0) is 18.0. The van der Waals surface area contributed by atoms with Gasteiger partial charge in [-0.2, -0.15) is 0 Å². The van der Waals surface area contributed by atoms with Crippen LogP contribution in [-0.2, 0) is 14.4 Å². The van der Waals surface area contributed by atoms with Gasteiger partial charge in [0.1, 0.15) is 6.04 Å². The molecule has 2 saturated heterocycles. The van der Waals surface area contributed by atoms with Crippen LogP contribution in [0, 0.1) is 0 Å². The highest BCUT2D eigenvalue weighted by Crippen LogP contribution is 2.27. The second-order valence-electron chi connectivity index (χ2n) is 4.53. The summed E-state index contributed by atoms with van der Waals surface area (Å²) in [5.41, 5.74) is 1.46. The molecule has 0 aromatic rings. The maximum Gasteiger partial charge on any atom is 0.254 e. The maximum absolute atomic E-state index is 12.3. The molecule has 3 amide bonds. The first-order valence-electron chi connectivity index (χ1n) is 8.21. The smallest absolute Gasteiger partial charge is 0.254 e. The topological polar surface area (TPSA) is 66.5 Å². The van der Waals surface area contributed by atoms with Crippen LogP contribution in [0.2, 0.25) is 0 Å². The number of hydrogen-bond acceptors (Lipinski definition) is 3. The Bertz CT molecular complexity index is 518. The fourth-order valence-corrected chi connectivity index (χ4v) is 2.46. The summed E-state index contributed by atoms with van der Waals surface area (Å²) in [7, 11) is 0. The number of imide groups is 1. The van der Waals surface area contributed by atoms with E-state index in [0.29, 0.717) is 18.5 Å². The summed E-state index contributed by atoms with van der Waals surface area (Å²) in [6, 6.07) is -0.559. The van der Waals surface area contributed by atoms with Crippen molar-refractivity contribution in [3.63, 3.8) is 0 Å². The largest absolute Gasteiger partial charge is 0.322 e. The van der Waals surface area contributed by atoms with Crippen molar-refractivity contribution in [2.45, 2.75) is 53.5 Å². The van der Waals surface area contributed by atoms with E-state index in [0.717, 1.165) is 5.57 Å². The molecule has 1 unspecified atom stereocenters. The Balaban J connectivity index is 0.00000112. The van der Waals surface area contributed by atoms with Gasteiger partial charge in [0.05, 0.1) is 0 Å². The van der Waals surface area contributed by atoms with Gasteiger partial charge in [-0.15, -0.1) is 0 Å². The highest BCUT2D eigenvalue weighted by molar-refractivity contribution is 6.06. The highest BCUT2D eigenvalue weighted by atomic mass is 16.2. The van der Waals surface area contributed by atoms with Crippen LogP contribution in [-0.4, -0.2) is 35.2 Å². The molecule has 2 heterocycles. The first-order valence-corrected chi connectivity index (χ1v) is 8.21. The SMILES string of the molecule is C=C/C=C1/CN(C2CCC(=O)NC2=O)C(=O)/C1=C/C.CC.CC. The van der Waals surface area contributed by atoms with E-state index in [1.165, 1.54) is 4.90 Å². The van der Waals surface area contributed by atoms with Gasteiger partial charge in [0.25, 0.3) is 5.91 Å². The van der Waals surface area contributed by atoms with E-state index >= 15 is 0 Å². The van der Waals surface area contributed by atoms with Gasteiger partial charge in [-0.1, -0.05) is 52.5 Å². The summed E-state index contributed by atoms with van der Waals surface area (Å²) in [5.74, 6) is -0.828. The molecular formula is C18H28N2O3. The fraction of sp³-hybridized carbons (Fsp3) is 0.500. The Morgan fingerprint density at radius 2 is 1.78 bits per heavy atom. The molecular weight excluding hydrogens is 292 g/mol. The number of allylic oxidation sites excluding steroid dienone is 3. The van der Waals surface area contributed by atoms with Crippen LogP contribution >= 0.6 is 0 Å². The number of likely N-dealkylation sites (tertiary alicyclic amines) is 1. The normalized spacial score (nSPS) is 23.8. The number of carbonyl (C=O) groups is 3. The zero-order valence-electron chi connectivity index (χ0n) is 14.8. The summed E-state index contributed by atoms with van der Waals surface area (Å²) in [5, 5.41) is 2.28. The van der Waals surface area contributed by atoms with Gasteiger partial charge < -0.3 is 4.90 Å². The molecule has 0 bridgehead atoms. The molecule has 5 heteroatoms. The Kier molecular flexibility index (Phi) is 9.54. The number of nitrogens with one attached hydrogen (secondary N) is 1. The van der Waals surface area contributed by atoms with Gasteiger partial charge in [0.15, 0.2) is 0 Å². The van der Waals surface area contributed by atoms with Crippen molar-refractivity contribution in [3.05, 3.63) is 36.0 Å². The first-order chi connectivity index (χ1) is 11.1. The molecule has 0 aromatic carbocycles. The van der Waals surface area contributed by atoms with Crippen LogP contribution in [0.25, 0.3) is 0 Å². The van der Waals surface area contributed by atoms with Crippen molar-refractivity contribution in [2.24, 2.45) is 0 Å². The zero-order valence-corrected chi connectivity index (χ0v) is 14.8. The Morgan fingerprint density at radius 3 is 2.26 bits per heavy atom. The lowest BCUT2D eigenvalue weighted by Crippen LogP contribution is -2.52. The van der Waals surface area contributed by atoms with Crippen molar-refractivity contribution in [3.8, 4) is 0 Å². The molecule has 23 heavy (non-hydrogen) atoms. The molecule has 2 fully saturated rings. The Labute approximate surface area is 139 Å². The highest BCUT2D eigenvalue weighted by Gasteiger charge is 2.40. The molecule has 5 nitrogen and oxygen atoms in total. The lowest BCUT2D eigenvalue weighted by atomic mass is 10.0. The number of carbonyl (C=O) groups excluding carboxylic acids is 3. The number of nitrogens with zero attached hydrogens (tertiary/aromatic N) is 1. The minimum atomic E-state index is -0.559. The first kappa shape index (κ1) is 20.8. The van der Waals surface area contributed by atoms with Crippen LogP contribution in [0.5, 0.6) is 0 Å². The minimum absolute atomic E-state index is 0.162. The van der Waals surface area contributed by atoms with Crippen molar-refractivity contribution in [1.82, 2.24) is 10.2 Å². The van der Waals surface area contributed by atoms with Crippen LogP contribution in [0.3, 0.4) is 0 Å². The molecule has 128 valence electrons. The molecule has 2 rings (SSSR count). The second kappa shape index (κ2) is 10.5. The molecule has 1 N–H and O–H groups in total. The van der Waals surface area contributed by atoms with Crippen molar-refractivity contribution < 1.29 is 14.4 Å². The average Bonchev–Trinajstić information content (AvgIpc) is 2.87. The van der Waals surface area contributed by atoms with Gasteiger partial charge in [0, 0.05) is 18.5 Å². The van der Waals surface area contributed by atoms with Gasteiger partial charge in [-0.3, -0.25) is 19.7 Å². The summed E-state index contributed by atoms with van der Waals surface area (Å²) < 4.78 is 0. The number of piperidine rings is 1. The molecule has 0 aliphatic carbocycles. The van der Waals surface area contributed by atoms with Gasteiger partial charge in [-0.05, 0) is 18.9 Å². The van der Waals surface area contributed by atoms with Gasteiger partial charge in [-0.25, -0.2) is 0 Å². The van der Waals surface area contributed by atoms with Crippen molar-refractivity contribution >= 4 is 17.7 Å². The molecule has 2 aliphatic rings. The lowest BCUT2D eigenvalue weighted by molar-refractivity contribution is -0.142. The molecule has 0 radical (unpaired) electrons. The molecule has 1 atom stereocenters. The van der Waals surface area contributed by atoms with Crippen molar-refractivity contribution in [1.29, 1.82) is 0 Å². The molecule has 0 spiro atoms. The molecule has 0 saturated carbocycles. The number of hydrogen-bond donors (Lipinski definition) is 1.